The molecule has 5 nitrogen and oxygen atoms in total. The van der Waals surface area contributed by atoms with Gasteiger partial charge in [-0.15, -0.1) is 0 Å². The van der Waals surface area contributed by atoms with Crippen LogP contribution in [-0.2, 0) is 11.3 Å². The van der Waals surface area contributed by atoms with E-state index in [1.54, 1.807) is 7.11 Å². The van der Waals surface area contributed by atoms with Gasteiger partial charge in [0.15, 0.2) is 6.54 Å². The van der Waals surface area contributed by atoms with Crippen LogP contribution in [0.2, 0.25) is 0 Å². The first-order valence-electron chi connectivity index (χ1n) is 8.07. The molecule has 0 spiro atoms. The fourth-order valence-corrected chi connectivity index (χ4v) is 2.33. The van der Waals surface area contributed by atoms with Gasteiger partial charge >= 0.3 is 0 Å². The second-order valence-corrected chi connectivity index (χ2v) is 5.63. The number of quaternary nitrogens is 1. The lowest BCUT2D eigenvalue weighted by Crippen LogP contribution is -3.10. The van der Waals surface area contributed by atoms with Crippen molar-refractivity contribution in [3.8, 4) is 11.5 Å². The van der Waals surface area contributed by atoms with Gasteiger partial charge < -0.3 is 19.7 Å². The second kappa shape index (κ2) is 9.57. The van der Waals surface area contributed by atoms with Gasteiger partial charge in [-0.2, -0.15) is 0 Å². The van der Waals surface area contributed by atoms with Crippen LogP contribution in [0.4, 0.5) is 0 Å². The van der Waals surface area contributed by atoms with Crippen molar-refractivity contribution in [1.29, 1.82) is 0 Å². The molecule has 2 aromatic carbocycles. The third-order valence-electron chi connectivity index (χ3n) is 3.67. The number of amides is 1. The first-order valence-corrected chi connectivity index (χ1v) is 8.07. The van der Waals surface area contributed by atoms with Crippen LogP contribution in [-0.4, -0.2) is 39.8 Å². The molecule has 0 saturated carbocycles. The van der Waals surface area contributed by atoms with E-state index in [9.17, 15) is 4.79 Å². The lowest BCUT2D eigenvalue weighted by atomic mass is 10.2. The van der Waals surface area contributed by atoms with Crippen LogP contribution in [0.25, 0.3) is 0 Å². The molecule has 5 heteroatoms. The third kappa shape index (κ3) is 5.93. The maximum atomic E-state index is 12.0. The van der Waals surface area contributed by atoms with E-state index in [0.717, 1.165) is 28.5 Å². The summed E-state index contributed by atoms with van der Waals surface area (Å²) in [7, 11) is 3.61. The van der Waals surface area contributed by atoms with Gasteiger partial charge in [-0.1, -0.05) is 36.4 Å². The number of ether oxygens (including phenoxy) is 2. The van der Waals surface area contributed by atoms with Crippen LogP contribution in [0.1, 0.15) is 5.56 Å². The molecule has 0 bridgehead atoms. The molecule has 1 atom stereocenters. The first kappa shape index (κ1) is 17.8. The summed E-state index contributed by atoms with van der Waals surface area (Å²) >= 11 is 0. The molecule has 0 aromatic heterocycles. The Kier molecular flexibility index (Phi) is 7.11. The summed E-state index contributed by atoms with van der Waals surface area (Å²) in [6, 6.07) is 17.4. The van der Waals surface area contributed by atoms with E-state index >= 15 is 0 Å². The topological polar surface area (TPSA) is 52.0 Å². The van der Waals surface area contributed by atoms with Crippen molar-refractivity contribution in [3.05, 3.63) is 60.2 Å². The molecule has 0 radical (unpaired) electrons. The van der Waals surface area contributed by atoms with Crippen LogP contribution >= 0.6 is 0 Å². The van der Waals surface area contributed by atoms with Crippen molar-refractivity contribution in [2.75, 3.05) is 33.9 Å². The Morgan fingerprint density at radius 2 is 1.79 bits per heavy atom. The minimum Gasteiger partial charge on any atom is -0.496 e. The van der Waals surface area contributed by atoms with Crippen molar-refractivity contribution in [2.45, 2.75) is 6.54 Å². The average Bonchev–Trinajstić information content (AvgIpc) is 2.61. The molecule has 1 unspecified atom stereocenters. The number of carbonyl (C=O) groups excluding carboxylic acids is 1. The summed E-state index contributed by atoms with van der Waals surface area (Å²) in [5.41, 5.74) is 0.971. The van der Waals surface area contributed by atoms with Gasteiger partial charge in [0.25, 0.3) is 5.91 Å². The normalized spacial score (nSPS) is 11.6. The smallest absolute Gasteiger partial charge is 0.275 e. The maximum absolute atomic E-state index is 12.0. The fourth-order valence-electron chi connectivity index (χ4n) is 2.33. The monoisotopic (exact) mass is 329 g/mol. The number of hydrogen-bond acceptors (Lipinski definition) is 3. The van der Waals surface area contributed by atoms with Gasteiger partial charge in [-0.05, 0) is 18.2 Å². The zero-order valence-electron chi connectivity index (χ0n) is 14.2. The van der Waals surface area contributed by atoms with Crippen molar-refractivity contribution in [3.63, 3.8) is 0 Å². The van der Waals surface area contributed by atoms with E-state index in [2.05, 4.69) is 5.32 Å². The number of carbonyl (C=O) groups is 1. The Bertz CT molecular complexity index is 632. The molecule has 0 aliphatic heterocycles. The zero-order valence-corrected chi connectivity index (χ0v) is 14.2. The van der Waals surface area contributed by atoms with Gasteiger partial charge in [0.2, 0.25) is 0 Å². The highest BCUT2D eigenvalue weighted by Gasteiger charge is 2.10. The molecule has 2 rings (SSSR count). The summed E-state index contributed by atoms with van der Waals surface area (Å²) in [4.78, 5) is 13.1. The highest BCUT2D eigenvalue weighted by molar-refractivity contribution is 5.76. The minimum absolute atomic E-state index is 0.0121. The van der Waals surface area contributed by atoms with E-state index in [0.29, 0.717) is 19.7 Å². The zero-order chi connectivity index (χ0) is 17.2. The van der Waals surface area contributed by atoms with Crippen molar-refractivity contribution in [2.24, 2.45) is 0 Å². The Balaban J connectivity index is 1.68. The summed E-state index contributed by atoms with van der Waals surface area (Å²) in [5, 5.41) is 2.93. The highest BCUT2D eigenvalue weighted by atomic mass is 16.5. The number of hydrogen-bond donors (Lipinski definition) is 2. The van der Waals surface area contributed by atoms with Crippen molar-refractivity contribution in [1.82, 2.24) is 5.32 Å². The summed E-state index contributed by atoms with van der Waals surface area (Å²) in [6.07, 6.45) is 0. The van der Waals surface area contributed by atoms with E-state index in [1.165, 1.54) is 0 Å². The number of likely N-dealkylation sites (N-methyl/N-ethyl adjacent to an activating group) is 1. The van der Waals surface area contributed by atoms with Crippen LogP contribution < -0.4 is 19.7 Å². The molecule has 128 valence electrons. The van der Waals surface area contributed by atoms with Crippen molar-refractivity contribution < 1.29 is 19.2 Å². The molecule has 0 aliphatic rings. The van der Waals surface area contributed by atoms with Gasteiger partial charge in [-0.3, -0.25) is 4.79 Å². The van der Waals surface area contributed by atoms with Crippen LogP contribution in [0.15, 0.2) is 54.6 Å². The Morgan fingerprint density at radius 1 is 1.08 bits per heavy atom. The quantitative estimate of drug-likeness (QED) is 0.719. The number of nitrogens with one attached hydrogen (secondary N) is 2. The molecular weight excluding hydrogens is 304 g/mol. The fraction of sp³-hybridized carbons (Fsp3) is 0.316. The lowest BCUT2D eigenvalue weighted by molar-refractivity contribution is -0.871. The number of methoxy groups -OCH3 is 1. The number of rotatable bonds is 9. The van der Waals surface area contributed by atoms with E-state index in [1.807, 2.05) is 61.6 Å². The van der Waals surface area contributed by atoms with Gasteiger partial charge in [0, 0.05) is 12.1 Å². The summed E-state index contributed by atoms with van der Waals surface area (Å²) < 4.78 is 10.9. The molecular formula is C19H25N2O3+. The Morgan fingerprint density at radius 3 is 2.54 bits per heavy atom. The highest BCUT2D eigenvalue weighted by Crippen LogP contribution is 2.16. The largest absolute Gasteiger partial charge is 0.496 e. The van der Waals surface area contributed by atoms with E-state index < -0.39 is 0 Å². The predicted octanol–water partition coefficient (Wildman–Crippen LogP) is 0.905. The molecule has 0 heterocycles. The average molecular weight is 329 g/mol. The molecule has 2 N–H and O–H groups in total. The summed E-state index contributed by atoms with van der Waals surface area (Å²) in [6.45, 7) is 2.22. The molecule has 0 saturated heterocycles. The number of benzene rings is 2. The van der Waals surface area contributed by atoms with Crippen LogP contribution in [0.3, 0.4) is 0 Å². The Hall–Kier alpha value is -2.53. The predicted molar refractivity (Wildman–Crippen MR) is 93.4 cm³/mol. The summed E-state index contributed by atoms with van der Waals surface area (Å²) in [5.74, 6) is 1.65. The molecule has 0 fully saturated rings. The van der Waals surface area contributed by atoms with Crippen LogP contribution in [0.5, 0.6) is 11.5 Å². The third-order valence-corrected chi connectivity index (χ3v) is 3.67. The van der Waals surface area contributed by atoms with E-state index in [4.69, 9.17) is 9.47 Å². The standard InChI is InChI=1S/C19H24N2O3/c1-21(12-13-24-17-9-4-3-5-10-17)15-19(22)20-14-16-8-6-7-11-18(16)23-2/h3-11H,12-15H2,1-2H3,(H,20,22)/p+1. The Labute approximate surface area is 143 Å². The van der Waals surface area contributed by atoms with Gasteiger partial charge in [-0.25, -0.2) is 0 Å². The van der Waals surface area contributed by atoms with E-state index in [-0.39, 0.29) is 5.91 Å². The molecule has 1 amide bonds. The molecule has 2 aromatic rings. The maximum Gasteiger partial charge on any atom is 0.275 e. The SMILES string of the molecule is COc1ccccc1CNC(=O)C[NH+](C)CCOc1ccccc1. The molecule has 0 aliphatic carbocycles. The second-order valence-electron chi connectivity index (χ2n) is 5.63. The van der Waals surface area contributed by atoms with Crippen molar-refractivity contribution >= 4 is 5.91 Å². The molecule has 24 heavy (non-hydrogen) atoms. The lowest BCUT2D eigenvalue weighted by Gasteiger charge is -2.15. The minimum atomic E-state index is 0.0121. The first-order chi connectivity index (χ1) is 11.7. The van der Waals surface area contributed by atoms with Gasteiger partial charge in [0.1, 0.15) is 24.7 Å². The van der Waals surface area contributed by atoms with Crippen LogP contribution in [0, 0.1) is 0 Å². The van der Waals surface area contributed by atoms with Gasteiger partial charge in [0.05, 0.1) is 14.2 Å². The number of para-hydroxylation sites is 2.